The second-order valence-electron chi connectivity index (χ2n) is 6.00. The van der Waals surface area contributed by atoms with Gasteiger partial charge in [0.25, 0.3) is 11.8 Å². The molecular weight excluding hydrogens is 403 g/mol. The molecule has 27 heavy (non-hydrogen) atoms. The van der Waals surface area contributed by atoms with E-state index in [0.717, 1.165) is 23.0 Å². The van der Waals surface area contributed by atoms with Crippen LogP contribution in [0.15, 0.2) is 0 Å². The Kier molecular flexibility index (Phi) is 10.5. The van der Waals surface area contributed by atoms with E-state index >= 15 is 0 Å². The van der Waals surface area contributed by atoms with Crippen LogP contribution in [0.25, 0.3) is 0 Å². The normalized spacial score (nSPS) is 16.6. The van der Waals surface area contributed by atoms with Crippen molar-refractivity contribution >= 4 is 87.7 Å². The van der Waals surface area contributed by atoms with Gasteiger partial charge < -0.3 is 9.68 Å². The van der Waals surface area contributed by atoms with Gasteiger partial charge in [-0.3, -0.25) is 9.59 Å². The summed E-state index contributed by atoms with van der Waals surface area (Å²) in [5.41, 5.74) is 0. The molecule has 8 nitrogen and oxygen atoms in total. The summed E-state index contributed by atoms with van der Waals surface area (Å²) < 4.78 is 0. The molecule has 0 N–H and O–H groups in total. The zero-order valence-electron chi connectivity index (χ0n) is 15.2. The average molecular weight is 423 g/mol. The fourth-order valence-electron chi connectivity index (χ4n) is 2.50. The Bertz CT molecular complexity index is 556. The van der Waals surface area contributed by atoms with Crippen LogP contribution in [0.1, 0.15) is 64.2 Å². The number of nitrogens with zero attached hydrogens (tertiary/aromatic N) is 2. The topological polar surface area (TPSA) is 93.2 Å². The Hall–Kier alpha value is -0.940. The van der Waals surface area contributed by atoms with Crippen LogP contribution in [0.4, 0.5) is 0 Å². The smallest absolute Gasteiger partial charge is 0.333 e. The number of thiocarbonyl (C=S) groups is 2. The maximum Gasteiger partial charge on any atom is 0.333 e. The van der Waals surface area contributed by atoms with Gasteiger partial charge in [0.2, 0.25) is 0 Å². The molecule has 0 spiro atoms. The minimum absolute atomic E-state index is 0. The summed E-state index contributed by atoms with van der Waals surface area (Å²) in [5, 5.41) is 1.80. The maximum absolute atomic E-state index is 11.7. The van der Waals surface area contributed by atoms with Crippen molar-refractivity contribution in [3.63, 3.8) is 0 Å². The van der Waals surface area contributed by atoms with Crippen molar-refractivity contribution in [1.29, 1.82) is 0 Å². The van der Waals surface area contributed by atoms with Gasteiger partial charge in [-0.15, -0.1) is 10.1 Å². The number of unbranched alkanes of at least 4 members (excludes halogenated alkanes) is 3. The van der Waals surface area contributed by atoms with E-state index < -0.39 is 11.9 Å². The van der Waals surface area contributed by atoms with E-state index in [9.17, 15) is 19.2 Å². The van der Waals surface area contributed by atoms with E-state index in [-0.39, 0.29) is 67.1 Å². The van der Waals surface area contributed by atoms with E-state index in [0.29, 0.717) is 35.7 Å². The first-order valence-electron chi connectivity index (χ1n) is 8.51. The minimum atomic E-state index is -0.497. The molecule has 2 aliphatic heterocycles. The first-order chi connectivity index (χ1) is 12.4. The van der Waals surface area contributed by atoms with Gasteiger partial charge in [-0.1, -0.05) is 37.3 Å². The molecule has 0 aromatic rings. The van der Waals surface area contributed by atoms with Gasteiger partial charge in [0.15, 0.2) is 0 Å². The Labute approximate surface area is 190 Å². The molecule has 2 aliphatic rings. The van der Waals surface area contributed by atoms with Crippen LogP contribution >= 0.6 is 24.4 Å². The quantitative estimate of drug-likeness (QED) is 0.315. The summed E-state index contributed by atoms with van der Waals surface area (Å²) in [4.78, 5) is 56.8. The fraction of sp³-hybridized carbons (Fsp3) is 0.625. The van der Waals surface area contributed by atoms with Crippen LogP contribution in [-0.4, -0.2) is 73.4 Å². The van der Waals surface area contributed by atoms with Gasteiger partial charge in [0, 0.05) is 68.1 Å². The average Bonchev–Trinajstić information content (AvgIpc) is 3.08. The van der Waals surface area contributed by atoms with Crippen molar-refractivity contribution in [2.24, 2.45) is 0 Å². The summed E-state index contributed by atoms with van der Waals surface area (Å²) >= 11 is 9.89. The van der Waals surface area contributed by atoms with E-state index in [4.69, 9.17) is 34.1 Å². The van der Waals surface area contributed by atoms with Gasteiger partial charge in [0.05, 0.1) is 0 Å². The van der Waals surface area contributed by atoms with Crippen LogP contribution in [0.5, 0.6) is 0 Å². The molecule has 0 aromatic heterocycles. The molecule has 2 rings (SSSR count). The largest absolute Gasteiger partial charge is 0.333 e. The molecule has 0 saturated carbocycles. The molecule has 2 heterocycles. The number of hydrogen-bond acceptors (Lipinski definition) is 8. The number of carbonyl (C=O) groups excluding carboxylic acids is 4. The fourth-order valence-corrected chi connectivity index (χ4v) is 2.99. The molecule has 1 radical (unpaired) electrons. The first-order valence-corrected chi connectivity index (χ1v) is 9.33. The number of carbonyl (C=O) groups is 4. The number of rotatable bonds is 9. The van der Waals surface area contributed by atoms with Gasteiger partial charge in [0.1, 0.15) is 9.98 Å². The van der Waals surface area contributed by atoms with Gasteiger partial charge >= 0.3 is 11.9 Å². The predicted molar refractivity (Wildman–Crippen MR) is 103 cm³/mol. The van der Waals surface area contributed by atoms with Crippen LogP contribution < -0.4 is 0 Å². The number of hydrogen-bond donors (Lipinski definition) is 0. The summed E-state index contributed by atoms with van der Waals surface area (Å²) in [5.74, 6) is -1.58. The van der Waals surface area contributed by atoms with Crippen molar-refractivity contribution in [2.45, 2.75) is 64.2 Å². The molecule has 2 amide bonds. The summed E-state index contributed by atoms with van der Waals surface area (Å²) in [6, 6.07) is 0. The molecule has 2 saturated heterocycles. The molecule has 0 atom stereocenters. The molecule has 11 heteroatoms. The molecule has 0 bridgehead atoms. The maximum atomic E-state index is 11.7. The Morgan fingerprint density at radius 3 is 1.41 bits per heavy atom. The van der Waals surface area contributed by atoms with Crippen molar-refractivity contribution < 1.29 is 28.9 Å². The third-order valence-corrected chi connectivity index (χ3v) is 4.65. The Morgan fingerprint density at radius 1 is 0.741 bits per heavy atom. The molecule has 0 aromatic carbocycles. The Morgan fingerprint density at radius 2 is 1.11 bits per heavy atom. The van der Waals surface area contributed by atoms with Crippen molar-refractivity contribution in [3.8, 4) is 0 Å². The molecule has 2 fully saturated rings. The molecule has 143 valence electrons. The molecule has 0 unspecified atom stereocenters. The third kappa shape index (κ3) is 7.53. The summed E-state index contributed by atoms with van der Waals surface area (Å²) in [6.07, 6.45) is 4.38. The molecule has 0 aliphatic carbocycles. The molecular formula is C16H20N2NaO6S2. The van der Waals surface area contributed by atoms with Crippen molar-refractivity contribution in [1.82, 2.24) is 10.1 Å². The van der Waals surface area contributed by atoms with Crippen LogP contribution in [0.2, 0.25) is 0 Å². The van der Waals surface area contributed by atoms with Gasteiger partial charge in [-0.2, -0.15) is 0 Å². The van der Waals surface area contributed by atoms with Crippen LogP contribution in [0, 0.1) is 0 Å². The summed E-state index contributed by atoms with van der Waals surface area (Å²) in [7, 11) is 0. The van der Waals surface area contributed by atoms with E-state index in [1.54, 1.807) is 0 Å². The van der Waals surface area contributed by atoms with Crippen molar-refractivity contribution in [3.05, 3.63) is 0 Å². The number of hydroxylamine groups is 4. The SMILES string of the molecule is O=C(CCCCCCC(=O)ON1C(=O)CCC1=S)ON1C(=O)CCC1=S.[Na]. The van der Waals surface area contributed by atoms with Gasteiger partial charge in [-0.05, 0) is 12.8 Å². The van der Waals surface area contributed by atoms with Gasteiger partial charge in [-0.25, -0.2) is 9.59 Å². The first kappa shape index (κ1) is 24.1. The second kappa shape index (κ2) is 11.8. The van der Waals surface area contributed by atoms with E-state index in [1.807, 2.05) is 0 Å². The standard InChI is InChI=1S/C16H20N2O6S2.Na/c19-11-7-9-13(25)17(11)23-15(21)5-3-1-2-4-6-16(22)24-18-12(20)8-10-14(18)26;/h1-10H2;. The Balaban J connectivity index is 0.00000364. The van der Waals surface area contributed by atoms with Crippen LogP contribution in [0.3, 0.4) is 0 Å². The zero-order valence-corrected chi connectivity index (χ0v) is 18.9. The zero-order chi connectivity index (χ0) is 19.1. The van der Waals surface area contributed by atoms with Crippen LogP contribution in [-0.2, 0) is 28.9 Å². The monoisotopic (exact) mass is 423 g/mol. The van der Waals surface area contributed by atoms with E-state index in [2.05, 4.69) is 0 Å². The number of amides is 2. The predicted octanol–water partition coefficient (Wildman–Crippen LogP) is 1.76. The van der Waals surface area contributed by atoms with E-state index in [1.165, 1.54) is 0 Å². The second-order valence-corrected chi connectivity index (χ2v) is 6.95. The van der Waals surface area contributed by atoms with Crippen molar-refractivity contribution in [2.75, 3.05) is 0 Å². The third-order valence-electron chi connectivity index (χ3n) is 3.91. The minimum Gasteiger partial charge on any atom is -0.333 e. The summed E-state index contributed by atoms with van der Waals surface area (Å²) in [6.45, 7) is 0.